The molecule has 0 fully saturated rings. The Bertz CT molecular complexity index is 604. The van der Waals surface area contributed by atoms with Crippen molar-refractivity contribution < 1.29 is 9.53 Å². The van der Waals surface area contributed by atoms with Crippen LogP contribution in [0.25, 0.3) is 10.8 Å². The Hall–Kier alpha value is -2.23. The van der Waals surface area contributed by atoms with Gasteiger partial charge in [0.1, 0.15) is 0 Å². The highest BCUT2D eigenvalue weighted by atomic mass is 16.5. The third-order valence-electron chi connectivity index (χ3n) is 3.25. The van der Waals surface area contributed by atoms with Gasteiger partial charge in [0.25, 0.3) is 0 Å². The van der Waals surface area contributed by atoms with E-state index in [-0.39, 0.29) is 6.61 Å². The predicted molar refractivity (Wildman–Crippen MR) is 78.5 cm³/mol. The predicted octanol–water partition coefficient (Wildman–Crippen LogP) is 3.47. The number of nitrogens with zero attached hydrogens (tertiary/aromatic N) is 1. The lowest BCUT2D eigenvalue weighted by Gasteiger charge is -2.10. The fraction of sp³-hybridized carbons (Fsp3) is 0.312. The zero-order valence-electron chi connectivity index (χ0n) is 11.4. The van der Waals surface area contributed by atoms with Crippen LogP contribution in [0, 0.1) is 4.91 Å². The maximum atomic E-state index is 11.5. The molecule has 0 saturated heterocycles. The summed E-state index contributed by atoms with van der Waals surface area (Å²) in [6, 6.07) is 13.2. The number of hydrogen-bond acceptors (Lipinski definition) is 4. The number of fused-ring (bicyclic) bond motifs is 1. The van der Waals surface area contributed by atoms with Gasteiger partial charge < -0.3 is 4.74 Å². The van der Waals surface area contributed by atoms with Gasteiger partial charge in [0.15, 0.2) is 6.04 Å². The number of aryl methyl sites for hydroxylation is 1. The summed E-state index contributed by atoms with van der Waals surface area (Å²) in [5.41, 5.74) is 1.11. The number of carbonyl (C=O) groups excluding carboxylic acids is 1. The Balaban J connectivity index is 2.12. The lowest BCUT2D eigenvalue weighted by atomic mass is 9.99. The molecule has 0 radical (unpaired) electrons. The molecule has 1 atom stereocenters. The maximum Gasteiger partial charge on any atom is 0.334 e. The number of hydrogen-bond donors (Lipinski definition) is 0. The summed E-state index contributed by atoms with van der Waals surface area (Å²) in [6.45, 7) is 1.98. The second kappa shape index (κ2) is 6.80. The molecule has 4 nitrogen and oxygen atoms in total. The van der Waals surface area contributed by atoms with Crippen molar-refractivity contribution in [2.24, 2.45) is 5.18 Å². The minimum absolute atomic E-state index is 0.263. The van der Waals surface area contributed by atoms with Crippen LogP contribution >= 0.6 is 0 Å². The molecule has 0 spiro atoms. The summed E-state index contributed by atoms with van der Waals surface area (Å²) in [7, 11) is 0. The zero-order valence-corrected chi connectivity index (χ0v) is 11.4. The molecule has 0 saturated carbocycles. The molecule has 2 aromatic carbocycles. The van der Waals surface area contributed by atoms with Gasteiger partial charge >= 0.3 is 5.97 Å². The second-order valence-electron chi connectivity index (χ2n) is 4.55. The van der Waals surface area contributed by atoms with Crippen LogP contribution in [0.5, 0.6) is 0 Å². The van der Waals surface area contributed by atoms with Gasteiger partial charge in [0.05, 0.1) is 6.61 Å². The molecule has 0 aliphatic heterocycles. The van der Waals surface area contributed by atoms with E-state index in [9.17, 15) is 9.70 Å². The summed E-state index contributed by atoms with van der Waals surface area (Å²) in [5.74, 6) is -0.539. The Morgan fingerprint density at radius 3 is 2.70 bits per heavy atom. The van der Waals surface area contributed by atoms with E-state index in [1.54, 1.807) is 6.92 Å². The molecule has 0 aromatic heterocycles. The van der Waals surface area contributed by atoms with Gasteiger partial charge in [-0.1, -0.05) is 47.6 Å². The molecule has 4 heteroatoms. The van der Waals surface area contributed by atoms with Crippen molar-refractivity contribution >= 4 is 16.7 Å². The quantitative estimate of drug-likeness (QED) is 0.597. The van der Waals surface area contributed by atoms with Gasteiger partial charge in [-0.25, -0.2) is 4.79 Å². The van der Waals surface area contributed by atoms with Gasteiger partial charge in [-0.2, -0.15) is 0 Å². The minimum atomic E-state index is -0.922. The molecule has 1 unspecified atom stereocenters. The van der Waals surface area contributed by atoms with Crippen molar-refractivity contribution in [1.82, 2.24) is 0 Å². The third kappa shape index (κ3) is 3.20. The number of ether oxygens (including phenoxy) is 1. The minimum Gasteiger partial charge on any atom is -0.464 e. The Morgan fingerprint density at radius 1 is 1.20 bits per heavy atom. The first-order chi connectivity index (χ1) is 9.76. The van der Waals surface area contributed by atoms with Gasteiger partial charge in [-0.3, -0.25) is 0 Å². The van der Waals surface area contributed by atoms with E-state index >= 15 is 0 Å². The first-order valence-electron chi connectivity index (χ1n) is 6.72. The molecule has 0 amide bonds. The highest BCUT2D eigenvalue weighted by Gasteiger charge is 2.20. The lowest BCUT2D eigenvalue weighted by Crippen LogP contribution is -2.21. The van der Waals surface area contributed by atoms with Gasteiger partial charge in [0, 0.05) is 0 Å². The molecule has 2 rings (SSSR count). The van der Waals surface area contributed by atoms with Crippen molar-refractivity contribution in [1.29, 1.82) is 0 Å². The molecule has 2 aromatic rings. The van der Waals surface area contributed by atoms with Crippen LogP contribution in [0.4, 0.5) is 0 Å². The van der Waals surface area contributed by atoms with Crippen molar-refractivity contribution in [3.05, 3.63) is 52.9 Å². The highest BCUT2D eigenvalue weighted by Crippen LogP contribution is 2.20. The van der Waals surface area contributed by atoms with Crippen molar-refractivity contribution in [3.8, 4) is 0 Å². The van der Waals surface area contributed by atoms with Crippen LogP contribution in [-0.2, 0) is 16.0 Å². The van der Waals surface area contributed by atoms with Crippen molar-refractivity contribution in [2.75, 3.05) is 6.61 Å². The molecular weight excluding hydrogens is 254 g/mol. The molecule has 0 aliphatic carbocycles. The average molecular weight is 271 g/mol. The van der Waals surface area contributed by atoms with E-state index in [0.29, 0.717) is 12.8 Å². The van der Waals surface area contributed by atoms with E-state index < -0.39 is 12.0 Å². The normalized spacial score (nSPS) is 12.1. The molecular formula is C16H17NO3. The number of esters is 1. The van der Waals surface area contributed by atoms with Crippen LogP contribution in [0.3, 0.4) is 0 Å². The standard InChI is InChI=1S/C16H17NO3/c1-2-20-16(18)15(17-19)11-10-13-8-5-7-12-6-3-4-9-14(12)13/h3-9,15H,2,10-11H2,1H3. The summed E-state index contributed by atoms with van der Waals surface area (Å²) in [5, 5.41) is 5.17. The van der Waals surface area contributed by atoms with E-state index in [0.717, 1.165) is 16.3 Å². The third-order valence-corrected chi connectivity index (χ3v) is 3.25. The van der Waals surface area contributed by atoms with Crippen LogP contribution in [0.1, 0.15) is 18.9 Å². The van der Waals surface area contributed by atoms with Gasteiger partial charge in [-0.05, 0) is 36.1 Å². The van der Waals surface area contributed by atoms with Crippen LogP contribution < -0.4 is 0 Å². The van der Waals surface area contributed by atoms with Crippen molar-refractivity contribution in [2.45, 2.75) is 25.8 Å². The van der Waals surface area contributed by atoms with E-state index in [2.05, 4.69) is 5.18 Å². The first-order valence-corrected chi connectivity index (χ1v) is 6.72. The number of rotatable bonds is 6. The number of carbonyl (C=O) groups is 1. The number of benzene rings is 2. The summed E-state index contributed by atoms with van der Waals surface area (Å²) >= 11 is 0. The zero-order chi connectivity index (χ0) is 14.4. The Kier molecular flexibility index (Phi) is 4.82. The maximum absolute atomic E-state index is 11.5. The van der Waals surface area contributed by atoms with Gasteiger partial charge in [0.2, 0.25) is 0 Å². The van der Waals surface area contributed by atoms with Crippen LogP contribution in [0.15, 0.2) is 47.6 Å². The molecule has 0 aliphatic rings. The van der Waals surface area contributed by atoms with E-state index in [4.69, 9.17) is 4.74 Å². The van der Waals surface area contributed by atoms with Crippen LogP contribution in [-0.4, -0.2) is 18.6 Å². The largest absolute Gasteiger partial charge is 0.464 e. The summed E-state index contributed by atoms with van der Waals surface area (Å²) < 4.78 is 4.84. The van der Waals surface area contributed by atoms with E-state index in [1.807, 2.05) is 42.5 Å². The smallest absolute Gasteiger partial charge is 0.334 e. The SMILES string of the molecule is CCOC(=O)C(CCc1cccc2ccccc12)N=O. The highest BCUT2D eigenvalue weighted by molar-refractivity contribution is 5.85. The van der Waals surface area contributed by atoms with Crippen LogP contribution in [0.2, 0.25) is 0 Å². The first kappa shape index (κ1) is 14.2. The molecule has 104 valence electrons. The van der Waals surface area contributed by atoms with Crippen molar-refractivity contribution in [3.63, 3.8) is 0 Å². The summed E-state index contributed by atoms with van der Waals surface area (Å²) in [4.78, 5) is 22.3. The number of nitroso groups, excluding NO2 is 1. The fourth-order valence-corrected chi connectivity index (χ4v) is 2.25. The van der Waals surface area contributed by atoms with E-state index in [1.165, 1.54) is 0 Å². The molecule has 0 bridgehead atoms. The Morgan fingerprint density at radius 2 is 1.95 bits per heavy atom. The summed E-state index contributed by atoms with van der Waals surface area (Å²) in [6.07, 6.45) is 0.993. The molecule has 0 N–H and O–H groups in total. The molecule has 20 heavy (non-hydrogen) atoms. The monoisotopic (exact) mass is 271 g/mol. The lowest BCUT2D eigenvalue weighted by molar-refractivity contribution is -0.144. The van der Waals surface area contributed by atoms with Gasteiger partial charge in [-0.15, -0.1) is 4.91 Å². The molecule has 0 heterocycles. The fourth-order valence-electron chi connectivity index (χ4n) is 2.25. The second-order valence-corrected chi connectivity index (χ2v) is 4.55. The average Bonchev–Trinajstić information content (AvgIpc) is 2.48. The topological polar surface area (TPSA) is 55.7 Å². The Labute approximate surface area is 117 Å².